The standard InChI is InChI=1S/C36H34ClF2N5O6/c1-35(34(41)46)17-50-32-24(35)13-29(44-31(32)23-12-25(37)27(39)14-26(23)38)36(47,20-5-4-6-22(11-20)48-2)16-43-33(45)18-9-19(15-42-21-7-8-21)30(40)28(10-18)49-3/h4-6,9-15,21,47H,7-8,16-17,40H2,1-3H3,(H2,41,46)(H,43,45)/t35-,36+/m0/s1. The fraction of sp³-hybridized carbons (Fsp3) is 0.278. The van der Waals surface area contributed by atoms with E-state index in [4.69, 9.17) is 37.3 Å². The molecule has 2 atom stereocenters. The van der Waals surface area contributed by atoms with Crippen molar-refractivity contribution in [1.82, 2.24) is 10.3 Å². The maximum Gasteiger partial charge on any atom is 0.251 e. The first-order valence-corrected chi connectivity index (χ1v) is 16.0. The molecule has 4 aromatic rings. The van der Waals surface area contributed by atoms with Crippen LogP contribution in [-0.4, -0.2) is 61.5 Å². The Morgan fingerprint density at radius 2 is 1.92 bits per heavy atom. The molecule has 1 saturated carbocycles. The monoisotopic (exact) mass is 705 g/mol. The number of nitrogens with two attached hydrogens (primary N) is 2. The van der Waals surface area contributed by atoms with Crippen molar-refractivity contribution >= 4 is 35.3 Å². The van der Waals surface area contributed by atoms with Gasteiger partial charge in [0, 0.05) is 34.5 Å². The molecule has 1 fully saturated rings. The number of benzene rings is 3. The zero-order valence-corrected chi connectivity index (χ0v) is 28.1. The molecule has 11 nitrogen and oxygen atoms in total. The molecule has 6 N–H and O–H groups in total. The molecule has 2 amide bonds. The van der Waals surface area contributed by atoms with E-state index in [2.05, 4.69) is 15.3 Å². The number of nitrogen functional groups attached to an aromatic ring is 1. The first-order chi connectivity index (χ1) is 23.8. The van der Waals surface area contributed by atoms with Crippen molar-refractivity contribution in [2.45, 2.75) is 36.8 Å². The van der Waals surface area contributed by atoms with Crippen molar-refractivity contribution in [3.05, 3.63) is 99.2 Å². The van der Waals surface area contributed by atoms with Gasteiger partial charge < -0.3 is 36.1 Å². The van der Waals surface area contributed by atoms with Gasteiger partial charge in [0.15, 0.2) is 0 Å². The first kappa shape index (κ1) is 34.6. The molecule has 0 saturated heterocycles. The highest BCUT2D eigenvalue weighted by molar-refractivity contribution is 6.31. The quantitative estimate of drug-likeness (QED) is 0.0992. The van der Waals surface area contributed by atoms with Crippen LogP contribution in [0.1, 0.15) is 52.5 Å². The number of methoxy groups -OCH3 is 2. The van der Waals surface area contributed by atoms with Crippen LogP contribution in [0.25, 0.3) is 11.3 Å². The number of halogens is 3. The van der Waals surface area contributed by atoms with E-state index in [0.717, 1.165) is 18.9 Å². The summed E-state index contributed by atoms with van der Waals surface area (Å²) in [7, 11) is 2.87. The number of anilines is 1. The van der Waals surface area contributed by atoms with Gasteiger partial charge in [0.1, 0.15) is 52.2 Å². The lowest BCUT2D eigenvalue weighted by Gasteiger charge is -2.30. The zero-order valence-electron chi connectivity index (χ0n) is 27.4. The number of ether oxygens (including phenoxy) is 3. The van der Waals surface area contributed by atoms with E-state index < -0.39 is 46.0 Å². The molecule has 1 aliphatic heterocycles. The summed E-state index contributed by atoms with van der Waals surface area (Å²) < 4.78 is 46.3. The van der Waals surface area contributed by atoms with Crippen LogP contribution in [-0.2, 0) is 15.8 Å². The second kappa shape index (κ2) is 13.2. The summed E-state index contributed by atoms with van der Waals surface area (Å²) in [6, 6.07) is 12.7. The third-order valence-corrected chi connectivity index (χ3v) is 9.27. The van der Waals surface area contributed by atoms with Crippen molar-refractivity contribution in [3.63, 3.8) is 0 Å². The zero-order chi connectivity index (χ0) is 36.0. The molecule has 14 heteroatoms. The molecule has 0 unspecified atom stereocenters. The molecule has 3 aromatic carbocycles. The van der Waals surface area contributed by atoms with Gasteiger partial charge in [-0.25, -0.2) is 13.8 Å². The lowest BCUT2D eigenvalue weighted by atomic mass is 9.80. The van der Waals surface area contributed by atoms with Gasteiger partial charge in [-0.2, -0.15) is 0 Å². The first-order valence-electron chi connectivity index (χ1n) is 15.6. The number of nitrogens with one attached hydrogen (secondary N) is 1. The summed E-state index contributed by atoms with van der Waals surface area (Å²) >= 11 is 6.06. The van der Waals surface area contributed by atoms with E-state index in [-0.39, 0.29) is 57.8 Å². The van der Waals surface area contributed by atoms with Crippen LogP contribution in [0.2, 0.25) is 5.02 Å². The van der Waals surface area contributed by atoms with E-state index in [1.54, 1.807) is 36.5 Å². The number of nitrogens with zero attached hydrogens (tertiary/aromatic N) is 2. The number of aromatic nitrogens is 1. The highest BCUT2D eigenvalue weighted by Gasteiger charge is 2.46. The maximum atomic E-state index is 15.4. The average Bonchev–Trinajstić information content (AvgIpc) is 3.88. The number of rotatable bonds is 11. The third kappa shape index (κ3) is 6.29. The Morgan fingerprint density at radius 1 is 1.16 bits per heavy atom. The average molecular weight is 706 g/mol. The molecule has 1 aromatic heterocycles. The Morgan fingerprint density at radius 3 is 2.60 bits per heavy atom. The van der Waals surface area contributed by atoms with Crippen LogP contribution in [0, 0.1) is 11.6 Å². The number of primary amides is 1. The number of amides is 2. The lowest BCUT2D eigenvalue weighted by Crippen LogP contribution is -2.43. The van der Waals surface area contributed by atoms with Crippen molar-refractivity contribution in [3.8, 4) is 28.5 Å². The summed E-state index contributed by atoms with van der Waals surface area (Å²) in [4.78, 5) is 35.6. The summed E-state index contributed by atoms with van der Waals surface area (Å²) in [5.74, 6) is -2.75. The second-order valence-corrected chi connectivity index (χ2v) is 12.8. The van der Waals surface area contributed by atoms with Gasteiger partial charge in [0.05, 0.1) is 43.2 Å². The van der Waals surface area contributed by atoms with E-state index in [1.807, 2.05) is 0 Å². The fourth-order valence-electron chi connectivity index (χ4n) is 5.68. The smallest absolute Gasteiger partial charge is 0.251 e. The fourth-order valence-corrected chi connectivity index (χ4v) is 5.84. The molecule has 0 radical (unpaired) electrons. The van der Waals surface area contributed by atoms with Gasteiger partial charge in [-0.3, -0.25) is 14.6 Å². The summed E-state index contributed by atoms with van der Waals surface area (Å²) in [6.07, 6.45) is 3.55. The van der Waals surface area contributed by atoms with Gasteiger partial charge in [0.25, 0.3) is 5.91 Å². The van der Waals surface area contributed by atoms with E-state index in [1.165, 1.54) is 33.3 Å². The molecule has 0 spiro atoms. The summed E-state index contributed by atoms with van der Waals surface area (Å²) in [5.41, 5.74) is 9.34. The highest BCUT2D eigenvalue weighted by Crippen LogP contribution is 2.47. The number of carbonyl (C=O) groups is 2. The molecule has 2 heterocycles. The van der Waals surface area contributed by atoms with E-state index >= 15 is 4.39 Å². The van der Waals surface area contributed by atoms with Crippen LogP contribution in [0.4, 0.5) is 14.5 Å². The van der Waals surface area contributed by atoms with Gasteiger partial charge in [0.2, 0.25) is 5.91 Å². The number of aliphatic hydroxyl groups is 1. The Kier molecular flexibility index (Phi) is 9.14. The molecule has 260 valence electrons. The molecule has 6 rings (SSSR count). The molecule has 1 aliphatic carbocycles. The highest BCUT2D eigenvalue weighted by atomic mass is 35.5. The normalized spacial score (nSPS) is 17.9. The van der Waals surface area contributed by atoms with Crippen LogP contribution in [0.15, 0.2) is 59.6 Å². The SMILES string of the molecule is COc1cccc([C@](O)(CNC(=O)c2cc(C=NC3CC3)c(N)c(OC)c2)c2cc3c(c(-c4cc(Cl)c(F)cc4F)n2)OC[C@]3(C)C(N)=O)c1. The van der Waals surface area contributed by atoms with E-state index in [0.29, 0.717) is 23.1 Å². The molecule has 0 bridgehead atoms. The van der Waals surface area contributed by atoms with Crippen molar-refractivity contribution < 1.29 is 37.7 Å². The minimum Gasteiger partial charge on any atom is -0.497 e. The van der Waals surface area contributed by atoms with Gasteiger partial charge in [-0.15, -0.1) is 0 Å². The number of carbonyl (C=O) groups excluding carboxylic acids is 2. The van der Waals surface area contributed by atoms with E-state index in [9.17, 15) is 19.1 Å². The Balaban J connectivity index is 1.49. The maximum absolute atomic E-state index is 15.4. The Bertz CT molecular complexity index is 2060. The minimum absolute atomic E-state index is 0.00279. The van der Waals surface area contributed by atoms with Crippen molar-refractivity contribution in [2.24, 2.45) is 10.7 Å². The summed E-state index contributed by atoms with van der Waals surface area (Å²) in [6.45, 7) is 0.836. The summed E-state index contributed by atoms with van der Waals surface area (Å²) in [5, 5.41) is 15.0. The Hall–Kier alpha value is -5.27. The minimum atomic E-state index is -2.15. The van der Waals surface area contributed by atoms with Crippen molar-refractivity contribution in [1.29, 1.82) is 0 Å². The lowest BCUT2D eigenvalue weighted by molar-refractivity contribution is -0.123. The van der Waals surface area contributed by atoms with Crippen molar-refractivity contribution in [2.75, 3.05) is 33.1 Å². The van der Waals surface area contributed by atoms with Crippen LogP contribution < -0.4 is 31.0 Å². The van der Waals surface area contributed by atoms with Crippen LogP contribution >= 0.6 is 11.6 Å². The molecular formula is C36H34ClF2N5O6. The second-order valence-electron chi connectivity index (χ2n) is 12.4. The molecule has 2 aliphatic rings. The predicted molar refractivity (Wildman–Crippen MR) is 183 cm³/mol. The molecule has 50 heavy (non-hydrogen) atoms. The predicted octanol–water partition coefficient (Wildman–Crippen LogP) is 4.66. The van der Waals surface area contributed by atoms with Gasteiger partial charge >= 0.3 is 0 Å². The number of aliphatic imine (C=N–C) groups is 1. The topological polar surface area (TPSA) is 171 Å². The number of fused-ring (bicyclic) bond motifs is 1. The van der Waals surface area contributed by atoms with Gasteiger partial charge in [-0.1, -0.05) is 23.7 Å². The number of hydrogen-bond donors (Lipinski definition) is 4. The number of hydrogen-bond acceptors (Lipinski definition) is 9. The Labute approximate surface area is 291 Å². The molecular weight excluding hydrogens is 672 g/mol. The number of pyridine rings is 1. The third-order valence-electron chi connectivity index (χ3n) is 8.98. The van der Waals surface area contributed by atoms with Crippen LogP contribution in [0.3, 0.4) is 0 Å². The van der Waals surface area contributed by atoms with Crippen LogP contribution in [0.5, 0.6) is 17.2 Å². The van der Waals surface area contributed by atoms with Gasteiger partial charge in [-0.05, 0) is 61.7 Å². The largest absolute Gasteiger partial charge is 0.497 e.